The van der Waals surface area contributed by atoms with Crippen LogP contribution in [0.5, 0.6) is 5.75 Å². The zero-order valence-corrected chi connectivity index (χ0v) is 22.7. The number of carbonyl (C=O) groups excluding carboxylic acids is 2. The molecule has 10 heteroatoms. The van der Waals surface area contributed by atoms with Crippen molar-refractivity contribution in [1.82, 2.24) is 4.31 Å². The van der Waals surface area contributed by atoms with E-state index in [1.54, 1.807) is 39.0 Å². The van der Waals surface area contributed by atoms with Crippen LogP contribution in [-0.4, -0.2) is 63.7 Å². The number of hydrogen-bond donors (Lipinski definition) is 1. The van der Waals surface area contributed by atoms with Crippen LogP contribution >= 0.6 is 0 Å². The fourth-order valence-corrected chi connectivity index (χ4v) is 6.34. The summed E-state index contributed by atoms with van der Waals surface area (Å²) >= 11 is 0. The van der Waals surface area contributed by atoms with Crippen molar-refractivity contribution in [2.24, 2.45) is 10.3 Å². The minimum absolute atomic E-state index is 0.0933. The molecule has 198 valence electrons. The predicted molar refractivity (Wildman–Crippen MR) is 134 cm³/mol. The number of methoxy groups -OCH3 is 1. The molecule has 1 aromatic carbocycles. The molecular weight excluding hydrogens is 472 g/mol. The molecule has 4 atom stereocenters. The highest BCUT2D eigenvalue weighted by Gasteiger charge is 2.41. The van der Waals surface area contributed by atoms with Gasteiger partial charge in [-0.2, -0.15) is 4.31 Å². The summed E-state index contributed by atoms with van der Waals surface area (Å²) in [5, 5.41) is 9.22. The summed E-state index contributed by atoms with van der Waals surface area (Å²) in [4.78, 5) is 25.5. The van der Waals surface area contributed by atoms with E-state index in [0.29, 0.717) is 38.0 Å². The Balaban J connectivity index is 2.61. The standard InChI is InChI=1S/C25H40N2O7S/c1-17-10-11-22(21(16-17)33-19(3)15-18(2)12-14-28)35(31,26-24(30)34-25(4,5)6)27-13-8-9-20(27)23(29)32-7/h10-11,16,18-20,28H,8-9,12-15H2,1-7H3/t18-,19?,20+,35?/m1/s1. The Labute approximate surface area is 209 Å². The van der Waals surface area contributed by atoms with E-state index in [2.05, 4.69) is 4.36 Å². The van der Waals surface area contributed by atoms with Crippen molar-refractivity contribution >= 4 is 22.0 Å². The smallest absolute Gasteiger partial charge is 0.443 e. The number of hydrogen-bond acceptors (Lipinski definition) is 7. The van der Waals surface area contributed by atoms with Gasteiger partial charge in [0.05, 0.1) is 13.2 Å². The fourth-order valence-electron chi connectivity index (χ4n) is 4.11. The number of carbonyl (C=O) groups is 2. The maximum absolute atomic E-state index is 14.7. The fraction of sp³-hybridized carbons (Fsp3) is 0.680. The molecule has 35 heavy (non-hydrogen) atoms. The molecule has 1 aliphatic rings. The molecule has 1 aromatic rings. The molecule has 1 N–H and O–H groups in total. The monoisotopic (exact) mass is 512 g/mol. The number of aliphatic hydroxyl groups excluding tert-OH is 1. The first kappa shape index (κ1) is 29.1. The number of amides is 1. The van der Waals surface area contributed by atoms with Crippen LogP contribution in [0, 0.1) is 12.8 Å². The predicted octanol–water partition coefficient (Wildman–Crippen LogP) is 4.49. The quantitative estimate of drug-likeness (QED) is 0.485. The van der Waals surface area contributed by atoms with Gasteiger partial charge in [0.15, 0.2) is 9.92 Å². The van der Waals surface area contributed by atoms with E-state index in [1.807, 2.05) is 20.8 Å². The van der Waals surface area contributed by atoms with Gasteiger partial charge < -0.3 is 19.3 Å². The zero-order valence-electron chi connectivity index (χ0n) is 21.9. The van der Waals surface area contributed by atoms with Crippen LogP contribution < -0.4 is 4.74 Å². The van der Waals surface area contributed by atoms with Gasteiger partial charge in [-0.15, -0.1) is 4.36 Å². The molecule has 0 radical (unpaired) electrons. The first-order valence-corrected chi connectivity index (χ1v) is 13.5. The van der Waals surface area contributed by atoms with E-state index < -0.39 is 33.6 Å². The van der Waals surface area contributed by atoms with E-state index >= 15 is 0 Å². The van der Waals surface area contributed by atoms with Crippen molar-refractivity contribution in [3.05, 3.63) is 23.8 Å². The van der Waals surface area contributed by atoms with Gasteiger partial charge in [0.1, 0.15) is 22.3 Å². The highest BCUT2D eigenvalue weighted by Crippen LogP contribution is 2.36. The molecule has 2 rings (SSSR count). The number of aryl methyl sites for hydroxylation is 1. The Morgan fingerprint density at radius 2 is 1.97 bits per heavy atom. The number of benzene rings is 1. The zero-order chi connectivity index (χ0) is 26.4. The molecule has 0 aromatic heterocycles. The molecule has 1 fully saturated rings. The van der Waals surface area contributed by atoms with Gasteiger partial charge in [-0.25, -0.2) is 9.00 Å². The second kappa shape index (κ2) is 12.2. The van der Waals surface area contributed by atoms with Crippen LogP contribution in [-0.2, 0) is 24.2 Å². The second-order valence-corrected chi connectivity index (χ2v) is 12.2. The molecule has 1 heterocycles. The summed E-state index contributed by atoms with van der Waals surface area (Å²) in [6.45, 7) is 11.3. The minimum atomic E-state index is -3.64. The van der Waals surface area contributed by atoms with Crippen molar-refractivity contribution in [3.63, 3.8) is 0 Å². The maximum Gasteiger partial charge on any atom is 0.443 e. The highest BCUT2D eigenvalue weighted by molar-refractivity contribution is 7.91. The molecule has 0 saturated carbocycles. The molecule has 0 aliphatic carbocycles. The van der Waals surface area contributed by atoms with E-state index in [0.717, 1.165) is 5.56 Å². The largest absolute Gasteiger partial charge is 0.489 e. The molecular formula is C25H40N2O7S. The van der Waals surface area contributed by atoms with Gasteiger partial charge in [0.25, 0.3) is 0 Å². The topological polar surface area (TPSA) is 115 Å². The van der Waals surface area contributed by atoms with Gasteiger partial charge in [0.2, 0.25) is 0 Å². The number of ether oxygens (including phenoxy) is 3. The summed E-state index contributed by atoms with van der Waals surface area (Å²) in [6.07, 6.45) is 1.12. The van der Waals surface area contributed by atoms with Crippen LogP contribution in [0.3, 0.4) is 0 Å². The lowest BCUT2D eigenvalue weighted by atomic mass is 10.0. The lowest BCUT2D eigenvalue weighted by Crippen LogP contribution is -2.41. The average molecular weight is 513 g/mol. The molecule has 1 amide bonds. The van der Waals surface area contributed by atoms with Crippen LogP contribution in [0.15, 0.2) is 27.5 Å². The van der Waals surface area contributed by atoms with Crippen molar-refractivity contribution in [2.45, 2.75) is 89.9 Å². The molecule has 0 spiro atoms. The van der Waals surface area contributed by atoms with Crippen molar-refractivity contribution < 1.29 is 33.1 Å². The number of nitrogens with zero attached hydrogens (tertiary/aromatic N) is 2. The molecule has 1 saturated heterocycles. The SMILES string of the molecule is COC(=O)[C@@H]1CCCN1S(=O)(=NC(=O)OC(C)(C)C)c1ccc(C)cc1OC(C)C[C@H](C)CCO. The Morgan fingerprint density at radius 3 is 2.57 bits per heavy atom. The minimum Gasteiger partial charge on any atom is -0.489 e. The van der Waals surface area contributed by atoms with Gasteiger partial charge in [0, 0.05) is 13.2 Å². The third kappa shape index (κ3) is 7.91. The Hall–Kier alpha value is -2.17. The normalized spacial score (nSPS) is 19.9. The summed E-state index contributed by atoms with van der Waals surface area (Å²) in [7, 11) is -2.36. The van der Waals surface area contributed by atoms with Crippen molar-refractivity contribution in [3.8, 4) is 5.75 Å². The van der Waals surface area contributed by atoms with E-state index in [4.69, 9.17) is 14.2 Å². The lowest BCUT2D eigenvalue weighted by Gasteiger charge is -2.28. The van der Waals surface area contributed by atoms with Crippen LogP contribution in [0.25, 0.3) is 0 Å². The number of esters is 1. The Morgan fingerprint density at radius 1 is 1.29 bits per heavy atom. The van der Waals surface area contributed by atoms with Crippen LogP contribution in [0.1, 0.15) is 65.9 Å². The van der Waals surface area contributed by atoms with E-state index in [-0.39, 0.29) is 23.5 Å². The third-order valence-electron chi connectivity index (χ3n) is 5.66. The van der Waals surface area contributed by atoms with Crippen LogP contribution in [0.2, 0.25) is 0 Å². The third-order valence-corrected chi connectivity index (χ3v) is 8.04. The maximum atomic E-state index is 14.7. The highest BCUT2D eigenvalue weighted by atomic mass is 32.2. The van der Waals surface area contributed by atoms with Gasteiger partial charge in [-0.3, -0.25) is 4.79 Å². The summed E-state index contributed by atoms with van der Waals surface area (Å²) < 4.78 is 36.8. The van der Waals surface area contributed by atoms with E-state index in [1.165, 1.54) is 11.4 Å². The summed E-state index contributed by atoms with van der Waals surface area (Å²) in [6, 6.07) is 4.36. The number of aliphatic hydroxyl groups is 1. The Bertz CT molecular complexity index is 1010. The van der Waals surface area contributed by atoms with Gasteiger partial charge in [-0.1, -0.05) is 13.0 Å². The number of rotatable bonds is 9. The second-order valence-electron chi connectivity index (χ2n) is 10.1. The molecule has 1 aliphatic heterocycles. The van der Waals surface area contributed by atoms with Gasteiger partial charge >= 0.3 is 12.1 Å². The summed E-state index contributed by atoms with van der Waals surface area (Å²) in [5.74, 6) is 0.0262. The molecule has 9 nitrogen and oxygen atoms in total. The van der Waals surface area contributed by atoms with E-state index in [9.17, 15) is 18.9 Å². The lowest BCUT2D eigenvalue weighted by molar-refractivity contribution is -0.144. The van der Waals surface area contributed by atoms with Crippen molar-refractivity contribution in [1.29, 1.82) is 0 Å². The molecule has 2 unspecified atom stereocenters. The van der Waals surface area contributed by atoms with Crippen LogP contribution in [0.4, 0.5) is 4.79 Å². The van der Waals surface area contributed by atoms with Gasteiger partial charge in [-0.05, 0) is 83.9 Å². The first-order valence-electron chi connectivity index (χ1n) is 12.0. The summed E-state index contributed by atoms with van der Waals surface area (Å²) in [5.41, 5.74) is 0.0433. The molecule has 0 bridgehead atoms. The first-order chi connectivity index (χ1) is 16.3. The average Bonchev–Trinajstić information content (AvgIpc) is 3.22. The Kier molecular flexibility index (Phi) is 10.1. The van der Waals surface area contributed by atoms with Crippen molar-refractivity contribution in [2.75, 3.05) is 20.3 Å².